The van der Waals surface area contributed by atoms with Crippen molar-refractivity contribution in [3.05, 3.63) is 12.2 Å². The fourth-order valence-electron chi connectivity index (χ4n) is 1.35. The van der Waals surface area contributed by atoms with Crippen LogP contribution in [0.2, 0.25) is 0 Å². The van der Waals surface area contributed by atoms with Gasteiger partial charge in [-0.25, -0.2) is 14.4 Å². The number of hydrogen-bond acceptors (Lipinski definition) is 6. The van der Waals surface area contributed by atoms with Gasteiger partial charge in [-0.15, -0.1) is 0 Å². The first-order chi connectivity index (χ1) is 10.3. The minimum Gasteiger partial charge on any atom is -0.460 e. The zero-order chi connectivity index (χ0) is 17.1. The van der Waals surface area contributed by atoms with Crippen LogP contribution in [-0.2, 0) is 23.8 Å². The predicted molar refractivity (Wildman–Crippen MR) is 80.1 cm³/mol. The number of rotatable bonds is 8. The van der Waals surface area contributed by atoms with Gasteiger partial charge in [0.1, 0.15) is 6.61 Å². The van der Waals surface area contributed by atoms with Gasteiger partial charge >= 0.3 is 18.0 Å². The quantitative estimate of drug-likeness (QED) is 0.417. The van der Waals surface area contributed by atoms with E-state index in [0.717, 1.165) is 12.2 Å². The Hall–Kier alpha value is -2.05. The van der Waals surface area contributed by atoms with Crippen molar-refractivity contribution >= 4 is 18.0 Å². The van der Waals surface area contributed by atoms with Crippen molar-refractivity contribution in [2.75, 3.05) is 13.2 Å². The third kappa shape index (κ3) is 9.79. The van der Waals surface area contributed by atoms with E-state index in [2.05, 4.69) is 5.32 Å². The van der Waals surface area contributed by atoms with Crippen molar-refractivity contribution in [2.45, 2.75) is 46.8 Å². The molecule has 0 spiro atoms. The molecule has 7 nitrogen and oxygen atoms in total. The highest BCUT2D eigenvalue weighted by Crippen LogP contribution is 2.03. The van der Waals surface area contributed by atoms with Crippen LogP contribution < -0.4 is 5.32 Å². The van der Waals surface area contributed by atoms with E-state index in [1.54, 1.807) is 20.8 Å². The average molecular weight is 315 g/mol. The highest BCUT2D eigenvalue weighted by Gasteiger charge is 2.18. The Morgan fingerprint density at radius 1 is 1.00 bits per heavy atom. The summed E-state index contributed by atoms with van der Waals surface area (Å²) in [6.45, 7) is 9.11. The lowest BCUT2D eigenvalue weighted by Gasteiger charge is -2.21. The third-order valence-electron chi connectivity index (χ3n) is 2.50. The van der Waals surface area contributed by atoms with E-state index >= 15 is 0 Å². The van der Waals surface area contributed by atoms with Gasteiger partial charge in [-0.05, 0) is 26.7 Å². The van der Waals surface area contributed by atoms with Gasteiger partial charge in [0.05, 0.1) is 18.8 Å². The second-order valence-corrected chi connectivity index (χ2v) is 5.16. The number of ether oxygens (including phenoxy) is 3. The molecule has 0 aromatic rings. The topological polar surface area (TPSA) is 90.9 Å². The van der Waals surface area contributed by atoms with Crippen LogP contribution in [0, 0.1) is 5.92 Å². The first kappa shape index (κ1) is 19.9. The number of carbonyl (C=O) groups excluding carboxylic acids is 3. The average Bonchev–Trinajstić information content (AvgIpc) is 2.40. The molecule has 0 fully saturated rings. The van der Waals surface area contributed by atoms with Crippen molar-refractivity contribution in [1.29, 1.82) is 0 Å². The monoisotopic (exact) mass is 315 g/mol. The fraction of sp³-hybridized carbons (Fsp3) is 0.667. The number of hydrogen-bond donors (Lipinski definition) is 1. The minimum atomic E-state index is -0.683. The second-order valence-electron chi connectivity index (χ2n) is 5.16. The molecule has 0 rings (SSSR count). The molecule has 22 heavy (non-hydrogen) atoms. The Bertz CT molecular complexity index is 403. The molecule has 0 bridgehead atoms. The summed E-state index contributed by atoms with van der Waals surface area (Å²) in [5.74, 6) is -1.25. The summed E-state index contributed by atoms with van der Waals surface area (Å²) in [6.07, 6.45) is 1.18. The van der Waals surface area contributed by atoms with Gasteiger partial charge in [0.15, 0.2) is 0 Å². The van der Waals surface area contributed by atoms with Gasteiger partial charge in [0.25, 0.3) is 0 Å². The normalized spacial score (nSPS) is 12.3. The van der Waals surface area contributed by atoms with Gasteiger partial charge in [0.2, 0.25) is 0 Å². The minimum absolute atomic E-state index is 0.0150. The molecule has 0 saturated heterocycles. The van der Waals surface area contributed by atoms with Crippen LogP contribution in [0.1, 0.15) is 34.6 Å². The molecular weight excluding hydrogens is 290 g/mol. The fourth-order valence-corrected chi connectivity index (χ4v) is 1.35. The number of esters is 2. The molecule has 0 aliphatic heterocycles. The highest BCUT2D eigenvalue weighted by molar-refractivity contribution is 5.91. The van der Waals surface area contributed by atoms with E-state index in [-0.39, 0.29) is 31.3 Å². The summed E-state index contributed by atoms with van der Waals surface area (Å²) < 4.78 is 14.6. The largest absolute Gasteiger partial charge is 0.460 e. The molecule has 1 atom stereocenters. The van der Waals surface area contributed by atoms with E-state index < -0.39 is 18.0 Å². The molecule has 0 aliphatic rings. The molecule has 1 N–H and O–H groups in total. The Kier molecular flexibility index (Phi) is 9.65. The van der Waals surface area contributed by atoms with Crippen molar-refractivity contribution in [2.24, 2.45) is 5.92 Å². The van der Waals surface area contributed by atoms with Gasteiger partial charge < -0.3 is 19.5 Å². The maximum atomic E-state index is 11.5. The molecule has 0 saturated carbocycles. The third-order valence-corrected chi connectivity index (χ3v) is 2.50. The Morgan fingerprint density at radius 3 is 2.09 bits per heavy atom. The molecular formula is C15H25NO6. The zero-order valence-corrected chi connectivity index (χ0v) is 13.8. The standard InChI is InChI=1S/C15H25NO6/c1-6-20-15(19)16-12(10(2)3)9-21-13(17)7-8-14(18)22-11(4)5/h7-8,10-12H,6,9H2,1-5H3,(H,16,19)/b8-7+/t12-/m0/s1. The Balaban J connectivity index is 4.30. The number of nitrogens with one attached hydrogen (secondary N) is 1. The van der Waals surface area contributed by atoms with Crippen LogP contribution in [0.25, 0.3) is 0 Å². The summed E-state index contributed by atoms with van der Waals surface area (Å²) in [5.41, 5.74) is 0. The van der Waals surface area contributed by atoms with Crippen molar-refractivity contribution in [3.63, 3.8) is 0 Å². The number of amides is 1. The van der Waals surface area contributed by atoms with Crippen molar-refractivity contribution in [1.82, 2.24) is 5.32 Å². The van der Waals surface area contributed by atoms with Gasteiger partial charge in [-0.2, -0.15) is 0 Å². The molecule has 0 radical (unpaired) electrons. The van der Waals surface area contributed by atoms with Gasteiger partial charge in [-0.3, -0.25) is 0 Å². The lowest BCUT2D eigenvalue weighted by atomic mass is 10.1. The molecule has 126 valence electrons. The van der Waals surface area contributed by atoms with E-state index in [9.17, 15) is 14.4 Å². The maximum Gasteiger partial charge on any atom is 0.407 e. The second kappa shape index (κ2) is 10.6. The summed E-state index contributed by atoms with van der Waals surface area (Å²) in [6, 6.07) is -0.376. The Labute approximate surface area is 131 Å². The smallest absolute Gasteiger partial charge is 0.407 e. The molecule has 0 aromatic carbocycles. The Morgan fingerprint density at radius 2 is 1.59 bits per heavy atom. The molecule has 0 aliphatic carbocycles. The number of alkyl carbamates (subject to hydrolysis) is 1. The summed E-state index contributed by atoms with van der Waals surface area (Å²) in [5, 5.41) is 2.61. The van der Waals surface area contributed by atoms with Crippen molar-refractivity contribution in [3.8, 4) is 0 Å². The molecule has 7 heteroatoms. The summed E-state index contributed by atoms with van der Waals surface area (Å²) >= 11 is 0. The van der Waals surface area contributed by atoms with E-state index in [4.69, 9.17) is 14.2 Å². The van der Waals surface area contributed by atoms with E-state index in [1.807, 2.05) is 13.8 Å². The SMILES string of the molecule is CCOC(=O)N[C@@H](COC(=O)/C=C/C(=O)OC(C)C)C(C)C. The molecule has 0 aromatic heterocycles. The maximum absolute atomic E-state index is 11.5. The van der Waals surface area contributed by atoms with Crippen LogP contribution >= 0.6 is 0 Å². The van der Waals surface area contributed by atoms with Crippen LogP contribution in [-0.4, -0.2) is 43.4 Å². The molecule has 0 heterocycles. The first-order valence-corrected chi connectivity index (χ1v) is 7.25. The van der Waals surface area contributed by atoms with Crippen LogP contribution in [0.3, 0.4) is 0 Å². The van der Waals surface area contributed by atoms with Gasteiger partial charge in [0, 0.05) is 12.2 Å². The lowest BCUT2D eigenvalue weighted by molar-refractivity contribution is -0.143. The van der Waals surface area contributed by atoms with Crippen LogP contribution in [0.4, 0.5) is 4.79 Å². The van der Waals surface area contributed by atoms with Crippen LogP contribution in [0.5, 0.6) is 0 Å². The lowest BCUT2D eigenvalue weighted by Crippen LogP contribution is -2.42. The number of carbonyl (C=O) groups is 3. The summed E-state index contributed by atoms with van der Waals surface area (Å²) in [4.78, 5) is 34.1. The zero-order valence-electron chi connectivity index (χ0n) is 13.8. The molecule has 0 unspecified atom stereocenters. The predicted octanol–water partition coefficient (Wildman–Crippen LogP) is 1.81. The van der Waals surface area contributed by atoms with Crippen molar-refractivity contribution < 1.29 is 28.6 Å². The highest BCUT2D eigenvalue weighted by atomic mass is 16.6. The first-order valence-electron chi connectivity index (χ1n) is 7.25. The van der Waals surface area contributed by atoms with E-state index in [1.165, 1.54) is 0 Å². The van der Waals surface area contributed by atoms with Crippen LogP contribution in [0.15, 0.2) is 12.2 Å². The van der Waals surface area contributed by atoms with E-state index in [0.29, 0.717) is 0 Å². The van der Waals surface area contributed by atoms with Gasteiger partial charge in [-0.1, -0.05) is 13.8 Å². The molecule has 1 amide bonds. The summed E-state index contributed by atoms with van der Waals surface area (Å²) in [7, 11) is 0.